The minimum absolute atomic E-state index is 0.719. The minimum atomic E-state index is 0.719. The zero-order chi connectivity index (χ0) is 14.9. The van der Waals surface area contributed by atoms with Crippen LogP contribution in [0.5, 0.6) is 0 Å². The second kappa shape index (κ2) is 5.21. The molecular formula is C14H16N8. The third-order valence-electron chi connectivity index (χ3n) is 3.80. The van der Waals surface area contributed by atoms with Gasteiger partial charge in [-0.05, 0) is 13.0 Å². The monoisotopic (exact) mass is 296 g/mol. The van der Waals surface area contributed by atoms with E-state index in [1.165, 1.54) is 0 Å². The normalized spacial score (nSPS) is 15.5. The Morgan fingerprint density at radius 3 is 2.45 bits per heavy atom. The van der Waals surface area contributed by atoms with E-state index in [9.17, 15) is 0 Å². The number of fused-ring (bicyclic) bond motifs is 1. The van der Waals surface area contributed by atoms with Crippen LogP contribution >= 0.6 is 0 Å². The van der Waals surface area contributed by atoms with Crippen LogP contribution in [0.25, 0.3) is 11.2 Å². The fourth-order valence-corrected chi connectivity index (χ4v) is 2.74. The maximum Gasteiger partial charge on any atom is 0.225 e. The molecule has 0 spiro atoms. The molecule has 0 atom stereocenters. The molecule has 112 valence electrons. The molecule has 0 saturated carbocycles. The lowest BCUT2D eigenvalue weighted by Gasteiger charge is -2.35. The fraction of sp³-hybridized carbons (Fsp3) is 0.357. The van der Waals surface area contributed by atoms with Crippen molar-refractivity contribution in [2.24, 2.45) is 0 Å². The van der Waals surface area contributed by atoms with Crippen LogP contribution in [0, 0.1) is 6.92 Å². The highest BCUT2D eigenvalue weighted by molar-refractivity contribution is 5.83. The van der Waals surface area contributed by atoms with Gasteiger partial charge in [0.25, 0.3) is 0 Å². The molecule has 8 nitrogen and oxygen atoms in total. The average molecular weight is 296 g/mol. The van der Waals surface area contributed by atoms with E-state index >= 15 is 0 Å². The summed E-state index contributed by atoms with van der Waals surface area (Å²) in [7, 11) is 0. The number of aryl methyl sites for hydroxylation is 1. The molecule has 0 aromatic carbocycles. The number of H-pyrrole nitrogens is 1. The van der Waals surface area contributed by atoms with Crippen molar-refractivity contribution < 1.29 is 0 Å². The van der Waals surface area contributed by atoms with Crippen molar-refractivity contribution in [3.05, 3.63) is 30.6 Å². The second-order valence-electron chi connectivity index (χ2n) is 5.24. The molecule has 1 saturated heterocycles. The second-order valence-corrected chi connectivity index (χ2v) is 5.24. The first kappa shape index (κ1) is 12.9. The number of aromatic amines is 1. The molecule has 3 aromatic heterocycles. The fourth-order valence-electron chi connectivity index (χ4n) is 2.74. The van der Waals surface area contributed by atoms with Crippen LogP contribution in [0.3, 0.4) is 0 Å². The Morgan fingerprint density at radius 1 is 0.955 bits per heavy atom. The van der Waals surface area contributed by atoms with Gasteiger partial charge in [0, 0.05) is 38.6 Å². The van der Waals surface area contributed by atoms with Gasteiger partial charge in [-0.1, -0.05) is 0 Å². The summed E-state index contributed by atoms with van der Waals surface area (Å²) in [5.41, 5.74) is 1.63. The van der Waals surface area contributed by atoms with Crippen molar-refractivity contribution >= 4 is 22.9 Å². The molecule has 0 aliphatic carbocycles. The summed E-state index contributed by atoms with van der Waals surface area (Å²) in [6.07, 6.45) is 5.12. The predicted octanol–water partition coefficient (Wildman–Crippen LogP) is 0.778. The Hall–Kier alpha value is -2.77. The number of hydrogen-bond donors (Lipinski definition) is 1. The minimum Gasteiger partial charge on any atom is -0.351 e. The number of aromatic nitrogens is 6. The molecule has 0 unspecified atom stereocenters. The first-order valence-corrected chi connectivity index (χ1v) is 7.25. The molecule has 0 radical (unpaired) electrons. The number of anilines is 2. The zero-order valence-corrected chi connectivity index (χ0v) is 12.3. The van der Waals surface area contributed by atoms with Crippen LogP contribution in [-0.4, -0.2) is 56.1 Å². The molecule has 0 bridgehead atoms. The Morgan fingerprint density at radius 2 is 1.68 bits per heavy atom. The molecule has 8 heteroatoms. The van der Waals surface area contributed by atoms with Gasteiger partial charge in [-0.2, -0.15) is 0 Å². The third kappa shape index (κ3) is 2.22. The van der Waals surface area contributed by atoms with Crippen molar-refractivity contribution in [3.8, 4) is 0 Å². The first-order chi connectivity index (χ1) is 10.8. The van der Waals surface area contributed by atoms with Gasteiger partial charge in [-0.3, -0.25) is 0 Å². The lowest BCUT2D eigenvalue weighted by atomic mass is 10.3. The predicted molar refractivity (Wildman–Crippen MR) is 82.9 cm³/mol. The van der Waals surface area contributed by atoms with Crippen LogP contribution in [0.4, 0.5) is 11.8 Å². The van der Waals surface area contributed by atoms with Gasteiger partial charge in [0.15, 0.2) is 11.5 Å². The smallest absolute Gasteiger partial charge is 0.225 e. The highest BCUT2D eigenvalue weighted by Gasteiger charge is 2.22. The number of imidazole rings is 1. The van der Waals surface area contributed by atoms with Crippen LogP contribution in [0.15, 0.2) is 24.8 Å². The van der Waals surface area contributed by atoms with Crippen LogP contribution < -0.4 is 9.80 Å². The summed E-state index contributed by atoms with van der Waals surface area (Å²) in [5, 5.41) is 0. The molecule has 1 aliphatic rings. The lowest BCUT2D eigenvalue weighted by molar-refractivity contribution is 0.635. The van der Waals surface area contributed by atoms with E-state index in [2.05, 4.69) is 39.7 Å². The maximum atomic E-state index is 4.44. The molecule has 1 fully saturated rings. The molecular weight excluding hydrogens is 280 g/mol. The van der Waals surface area contributed by atoms with Gasteiger partial charge >= 0.3 is 0 Å². The van der Waals surface area contributed by atoms with Gasteiger partial charge in [0.1, 0.15) is 17.7 Å². The van der Waals surface area contributed by atoms with E-state index in [1.807, 2.05) is 13.0 Å². The number of rotatable bonds is 2. The van der Waals surface area contributed by atoms with Crippen LogP contribution in [0.1, 0.15) is 5.82 Å². The van der Waals surface area contributed by atoms with Gasteiger partial charge in [0.05, 0.1) is 0 Å². The summed E-state index contributed by atoms with van der Waals surface area (Å²) in [5.74, 6) is 2.56. The van der Waals surface area contributed by atoms with Gasteiger partial charge in [-0.25, -0.2) is 24.9 Å². The van der Waals surface area contributed by atoms with E-state index in [4.69, 9.17) is 0 Å². The summed E-state index contributed by atoms with van der Waals surface area (Å²) >= 11 is 0. The van der Waals surface area contributed by atoms with E-state index < -0.39 is 0 Å². The third-order valence-corrected chi connectivity index (χ3v) is 3.80. The first-order valence-electron chi connectivity index (χ1n) is 7.25. The standard InChI is InChI=1S/C14H16N8/c1-10-19-11-12(20-10)17-9-18-13(11)21-5-7-22(8-6-21)14-15-3-2-4-16-14/h2-4,9H,5-8H2,1H3,(H,17,18,19,20). The van der Waals surface area contributed by atoms with Gasteiger partial charge in [-0.15, -0.1) is 0 Å². The largest absolute Gasteiger partial charge is 0.351 e. The van der Waals surface area contributed by atoms with Crippen molar-refractivity contribution in [3.63, 3.8) is 0 Å². The Labute approximate surface area is 127 Å². The molecule has 1 aliphatic heterocycles. The summed E-state index contributed by atoms with van der Waals surface area (Å²) in [4.78, 5) is 29.3. The molecule has 3 aromatic rings. The van der Waals surface area contributed by atoms with Crippen molar-refractivity contribution in [2.75, 3.05) is 36.0 Å². The maximum absolute atomic E-state index is 4.44. The van der Waals surface area contributed by atoms with Crippen molar-refractivity contribution in [1.29, 1.82) is 0 Å². The lowest BCUT2D eigenvalue weighted by Crippen LogP contribution is -2.47. The van der Waals surface area contributed by atoms with Gasteiger partial charge < -0.3 is 14.8 Å². The molecule has 22 heavy (non-hydrogen) atoms. The van der Waals surface area contributed by atoms with E-state index in [1.54, 1.807) is 18.7 Å². The number of hydrogen-bond acceptors (Lipinski definition) is 7. The van der Waals surface area contributed by atoms with Crippen LogP contribution in [-0.2, 0) is 0 Å². The number of piperazine rings is 1. The van der Waals surface area contributed by atoms with Crippen molar-refractivity contribution in [1.82, 2.24) is 29.9 Å². The molecule has 0 amide bonds. The van der Waals surface area contributed by atoms with E-state index in [-0.39, 0.29) is 0 Å². The molecule has 4 rings (SSSR count). The quantitative estimate of drug-likeness (QED) is 0.747. The molecule has 1 N–H and O–H groups in total. The average Bonchev–Trinajstić information content (AvgIpc) is 2.96. The summed E-state index contributed by atoms with van der Waals surface area (Å²) in [6, 6.07) is 1.83. The van der Waals surface area contributed by atoms with Crippen molar-refractivity contribution in [2.45, 2.75) is 6.92 Å². The highest BCUT2D eigenvalue weighted by Crippen LogP contribution is 2.22. The number of nitrogens with one attached hydrogen (secondary N) is 1. The Bertz CT molecular complexity index is 776. The van der Waals surface area contributed by atoms with Crippen LogP contribution in [0.2, 0.25) is 0 Å². The summed E-state index contributed by atoms with van der Waals surface area (Å²) in [6.45, 7) is 5.38. The Balaban J connectivity index is 1.56. The zero-order valence-electron chi connectivity index (χ0n) is 12.3. The SMILES string of the molecule is Cc1nc2ncnc(N3CCN(c4ncccn4)CC3)c2[nH]1. The van der Waals surface area contributed by atoms with Gasteiger partial charge in [0.2, 0.25) is 5.95 Å². The van der Waals surface area contributed by atoms with E-state index in [0.717, 1.165) is 54.9 Å². The topological polar surface area (TPSA) is 86.7 Å². The molecule has 4 heterocycles. The number of nitrogens with zero attached hydrogens (tertiary/aromatic N) is 7. The van der Waals surface area contributed by atoms with E-state index in [0.29, 0.717) is 0 Å². The Kier molecular flexibility index (Phi) is 3.06. The summed E-state index contributed by atoms with van der Waals surface area (Å²) < 4.78 is 0. The highest BCUT2D eigenvalue weighted by atomic mass is 15.3.